The largest absolute Gasteiger partial charge is 0.309 e. The second-order valence-corrected chi connectivity index (χ2v) is 6.26. The monoisotopic (exact) mass is 294 g/mol. The summed E-state index contributed by atoms with van der Waals surface area (Å²) in [6.45, 7) is 6.07. The normalized spacial score (nSPS) is 17.1. The van der Waals surface area contributed by atoms with Gasteiger partial charge in [0.2, 0.25) is 5.91 Å². The topological polar surface area (TPSA) is 42.0 Å². The van der Waals surface area contributed by atoms with Crippen molar-refractivity contribution < 1.29 is 4.79 Å². The first-order chi connectivity index (χ1) is 10.6. The minimum absolute atomic E-state index is 0.0450. The van der Waals surface area contributed by atoms with E-state index in [1.165, 1.54) is 6.42 Å². The molecule has 0 spiro atoms. The van der Waals surface area contributed by atoms with Crippen LogP contribution in [-0.4, -0.2) is 10.9 Å². The molecule has 1 aliphatic rings. The number of carbonyl (C=O) groups excluding carboxylic acids is 1. The van der Waals surface area contributed by atoms with E-state index in [1.54, 1.807) is 6.20 Å². The fourth-order valence-electron chi connectivity index (χ4n) is 3.45. The summed E-state index contributed by atoms with van der Waals surface area (Å²) in [5, 5.41) is 5.13. The Balaban J connectivity index is 1.93. The number of hydrogen-bond donors (Lipinski definition) is 1. The molecule has 0 atom stereocenters. The van der Waals surface area contributed by atoms with Crippen molar-refractivity contribution in [1.29, 1.82) is 0 Å². The Morgan fingerprint density at radius 2 is 1.91 bits per heavy atom. The Bertz CT molecular complexity index is 709. The van der Waals surface area contributed by atoms with Crippen molar-refractivity contribution in [3.05, 3.63) is 48.7 Å². The average Bonchev–Trinajstić information content (AvgIpc) is 2.55. The van der Waals surface area contributed by atoms with Crippen molar-refractivity contribution >= 4 is 22.5 Å². The maximum atomic E-state index is 13.0. The molecule has 0 bridgehead atoms. The van der Waals surface area contributed by atoms with Crippen LogP contribution in [0.3, 0.4) is 0 Å². The maximum Gasteiger partial charge on any atom is 0.235 e. The molecular formula is C19H22N2O. The minimum atomic E-state index is -0.434. The first-order valence-corrected chi connectivity index (χ1v) is 7.95. The van der Waals surface area contributed by atoms with Crippen molar-refractivity contribution in [3.8, 4) is 0 Å². The molecule has 3 rings (SSSR count). The highest BCUT2D eigenvalue weighted by Gasteiger charge is 2.40. The highest BCUT2D eigenvalue weighted by molar-refractivity contribution is 6.03. The molecular weight excluding hydrogens is 272 g/mol. The quantitative estimate of drug-likeness (QED) is 0.834. The van der Waals surface area contributed by atoms with Crippen LogP contribution >= 0.6 is 0 Å². The Hall–Kier alpha value is -2.16. The Kier molecular flexibility index (Phi) is 3.97. The number of pyridine rings is 1. The van der Waals surface area contributed by atoms with E-state index >= 15 is 0 Å². The zero-order valence-electron chi connectivity index (χ0n) is 13.1. The fourth-order valence-corrected chi connectivity index (χ4v) is 3.45. The number of rotatable bonds is 3. The summed E-state index contributed by atoms with van der Waals surface area (Å²) in [5.74, 6) is 0.692. The summed E-state index contributed by atoms with van der Waals surface area (Å²) in [4.78, 5) is 17.3. The van der Waals surface area contributed by atoms with Crippen LogP contribution in [0.5, 0.6) is 0 Å². The van der Waals surface area contributed by atoms with Gasteiger partial charge in [0.1, 0.15) is 5.82 Å². The fraction of sp³-hybridized carbons (Fsp3) is 0.368. The Morgan fingerprint density at radius 1 is 1.18 bits per heavy atom. The van der Waals surface area contributed by atoms with Gasteiger partial charge in [0, 0.05) is 11.6 Å². The number of nitrogens with one attached hydrogen (secondary N) is 1. The SMILES string of the molecule is C=C(C)C1(C(=O)Nc2nccc3ccccc23)CCCCC1. The smallest absolute Gasteiger partial charge is 0.235 e. The second kappa shape index (κ2) is 5.91. The number of aromatic nitrogens is 1. The van der Waals surface area contributed by atoms with Gasteiger partial charge in [0.05, 0.1) is 5.41 Å². The molecule has 1 amide bonds. The molecule has 1 aromatic carbocycles. The molecule has 0 unspecified atom stereocenters. The van der Waals surface area contributed by atoms with Gasteiger partial charge in [0.25, 0.3) is 0 Å². The Morgan fingerprint density at radius 3 is 2.64 bits per heavy atom. The summed E-state index contributed by atoms with van der Waals surface area (Å²) < 4.78 is 0. The van der Waals surface area contributed by atoms with E-state index in [2.05, 4.69) is 16.9 Å². The lowest BCUT2D eigenvalue weighted by molar-refractivity contribution is -0.125. The van der Waals surface area contributed by atoms with Crippen LogP contribution in [-0.2, 0) is 4.79 Å². The molecule has 0 aliphatic heterocycles. The number of nitrogens with zero attached hydrogens (tertiary/aromatic N) is 1. The number of benzene rings is 1. The molecule has 2 aromatic rings. The van der Waals surface area contributed by atoms with Crippen LogP contribution in [0.15, 0.2) is 48.7 Å². The maximum absolute atomic E-state index is 13.0. The van der Waals surface area contributed by atoms with Crippen LogP contribution in [0.4, 0.5) is 5.82 Å². The third-order valence-electron chi connectivity index (χ3n) is 4.86. The van der Waals surface area contributed by atoms with E-state index in [4.69, 9.17) is 0 Å². The van der Waals surface area contributed by atoms with Gasteiger partial charge in [0.15, 0.2) is 0 Å². The van der Waals surface area contributed by atoms with Crippen molar-refractivity contribution in [2.75, 3.05) is 5.32 Å². The lowest BCUT2D eigenvalue weighted by atomic mass is 9.69. The van der Waals surface area contributed by atoms with Gasteiger partial charge in [-0.25, -0.2) is 4.98 Å². The molecule has 1 N–H and O–H groups in total. The first-order valence-electron chi connectivity index (χ1n) is 7.95. The second-order valence-electron chi connectivity index (χ2n) is 6.26. The summed E-state index contributed by atoms with van der Waals surface area (Å²) in [7, 11) is 0. The van der Waals surface area contributed by atoms with E-state index in [0.29, 0.717) is 5.82 Å². The van der Waals surface area contributed by atoms with E-state index < -0.39 is 5.41 Å². The molecule has 0 saturated heterocycles. The van der Waals surface area contributed by atoms with Gasteiger partial charge < -0.3 is 5.32 Å². The van der Waals surface area contributed by atoms with Gasteiger partial charge in [-0.15, -0.1) is 0 Å². The number of anilines is 1. The Labute approximate surface area is 131 Å². The van der Waals surface area contributed by atoms with Gasteiger partial charge in [-0.2, -0.15) is 0 Å². The van der Waals surface area contributed by atoms with Crippen LogP contribution in [0.25, 0.3) is 10.8 Å². The van der Waals surface area contributed by atoms with Crippen LogP contribution in [0, 0.1) is 5.41 Å². The predicted octanol–water partition coefficient (Wildman–Crippen LogP) is 4.70. The minimum Gasteiger partial charge on any atom is -0.309 e. The number of carbonyl (C=O) groups is 1. The predicted molar refractivity (Wildman–Crippen MR) is 90.7 cm³/mol. The van der Waals surface area contributed by atoms with Gasteiger partial charge >= 0.3 is 0 Å². The molecule has 1 heterocycles. The molecule has 3 nitrogen and oxygen atoms in total. The van der Waals surface area contributed by atoms with Crippen LogP contribution in [0.1, 0.15) is 39.0 Å². The van der Waals surface area contributed by atoms with E-state index in [-0.39, 0.29) is 5.91 Å². The lowest BCUT2D eigenvalue weighted by Gasteiger charge is -2.36. The zero-order valence-corrected chi connectivity index (χ0v) is 13.1. The van der Waals surface area contributed by atoms with Crippen LogP contribution in [0.2, 0.25) is 0 Å². The summed E-state index contributed by atoms with van der Waals surface area (Å²) >= 11 is 0. The van der Waals surface area contributed by atoms with Gasteiger partial charge in [-0.05, 0) is 31.2 Å². The average molecular weight is 294 g/mol. The molecule has 1 aromatic heterocycles. The molecule has 22 heavy (non-hydrogen) atoms. The van der Waals surface area contributed by atoms with Crippen molar-refractivity contribution in [2.45, 2.75) is 39.0 Å². The number of amides is 1. The van der Waals surface area contributed by atoms with Crippen molar-refractivity contribution in [3.63, 3.8) is 0 Å². The van der Waals surface area contributed by atoms with Crippen LogP contribution < -0.4 is 5.32 Å². The standard InChI is InChI=1S/C19H22N2O/c1-14(2)19(11-6-3-7-12-19)18(22)21-17-16-9-5-4-8-15(16)10-13-20-17/h4-5,8-10,13H,1,3,6-7,11-12H2,2H3,(H,20,21,22). The number of hydrogen-bond acceptors (Lipinski definition) is 2. The highest BCUT2D eigenvalue weighted by Crippen LogP contribution is 2.42. The molecule has 0 radical (unpaired) electrons. The third kappa shape index (κ3) is 2.52. The molecule has 1 fully saturated rings. The van der Waals surface area contributed by atoms with E-state index in [9.17, 15) is 4.79 Å². The third-order valence-corrected chi connectivity index (χ3v) is 4.86. The van der Waals surface area contributed by atoms with Crippen molar-refractivity contribution in [2.24, 2.45) is 5.41 Å². The lowest BCUT2D eigenvalue weighted by Crippen LogP contribution is -2.39. The van der Waals surface area contributed by atoms with E-state index in [0.717, 1.165) is 42.0 Å². The van der Waals surface area contributed by atoms with Crippen molar-refractivity contribution in [1.82, 2.24) is 4.98 Å². The van der Waals surface area contributed by atoms with Gasteiger partial charge in [-0.3, -0.25) is 4.79 Å². The molecule has 114 valence electrons. The molecule has 3 heteroatoms. The highest BCUT2D eigenvalue weighted by atomic mass is 16.2. The summed E-state index contributed by atoms with van der Waals surface area (Å²) in [5.41, 5.74) is 0.529. The zero-order chi connectivity index (χ0) is 15.6. The summed E-state index contributed by atoms with van der Waals surface area (Å²) in [6, 6.07) is 9.94. The van der Waals surface area contributed by atoms with E-state index in [1.807, 2.05) is 37.3 Å². The summed E-state index contributed by atoms with van der Waals surface area (Å²) in [6.07, 6.45) is 6.89. The van der Waals surface area contributed by atoms with Gasteiger partial charge in [-0.1, -0.05) is 55.7 Å². The molecule has 1 aliphatic carbocycles. The molecule has 1 saturated carbocycles. The first kappa shape index (κ1) is 14.8. The number of fused-ring (bicyclic) bond motifs is 1.